The van der Waals surface area contributed by atoms with Gasteiger partial charge in [-0.1, -0.05) is 123 Å². The first kappa shape index (κ1) is 46.9. The zero-order chi connectivity index (χ0) is 41.0. The van der Waals surface area contributed by atoms with E-state index in [1.807, 2.05) is 0 Å². The van der Waals surface area contributed by atoms with Crippen molar-refractivity contribution in [2.24, 2.45) is 112 Å². The Morgan fingerprint density at radius 3 is 1.48 bits per heavy atom. The van der Waals surface area contributed by atoms with Gasteiger partial charge in [0.25, 0.3) is 0 Å². The van der Waals surface area contributed by atoms with Crippen molar-refractivity contribution in [1.29, 1.82) is 0 Å². The van der Waals surface area contributed by atoms with Gasteiger partial charge in [-0.05, 0) is 157 Å². The zero-order valence-electron chi connectivity index (χ0n) is 39.8. The second-order valence-corrected chi connectivity index (χ2v) is 22.3. The third kappa shape index (κ3) is 10.6. The summed E-state index contributed by atoms with van der Waals surface area (Å²) in [4.78, 5) is 0. The van der Waals surface area contributed by atoms with Crippen LogP contribution in [0.4, 0.5) is 0 Å². The van der Waals surface area contributed by atoms with Crippen LogP contribution in [0.3, 0.4) is 0 Å². The van der Waals surface area contributed by atoms with Crippen LogP contribution in [0.15, 0.2) is 0 Å². The molecule has 5 saturated carbocycles. The highest BCUT2D eigenvalue weighted by atomic mass is 16.5. The first-order chi connectivity index (χ1) is 26.6. The van der Waals surface area contributed by atoms with E-state index in [2.05, 4.69) is 104 Å². The molecule has 0 aromatic rings. The fourth-order valence-electron chi connectivity index (χ4n) is 13.8. The molecule has 4 heteroatoms. The lowest BCUT2D eigenvalue weighted by atomic mass is 9.63. The molecule has 0 amide bonds. The predicted octanol–water partition coefficient (Wildman–Crippen LogP) is 13.5. The fourth-order valence-corrected chi connectivity index (χ4v) is 13.8. The average molecular weight is 785 g/mol. The largest absolute Gasteiger partial charge is 0.381 e. The molecule has 4 nitrogen and oxygen atoms in total. The van der Waals surface area contributed by atoms with Crippen molar-refractivity contribution in [3.8, 4) is 0 Å². The van der Waals surface area contributed by atoms with E-state index >= 15 is 0 Å². The lowest BCUT2D eigenvalue weighted by Crippen LogP contribution is -2.50. The molecule has 0 saturated heterocycles. The van der Waals surface area contributed by atoms with Crippen LogP contribution >= 0.6 is 0 Å². The second-order valence-electron chi connectivity index (χ2n) is 22.3. The highest BCUT2D eigenvalue weighted by Gasteiger charge is 2.46. The van der Waals surface area contributed by atoms with Crippen LogP contribution in [-0.4, -0.2) is 50.8 Å². The minimum atomic E-state index is 0.353. The maximum Gasteiger partial charge on any atom is 0.0635 e. The van der Waals surface area contributed by atoms with Gasteiger partial charge in [0.15, 0.2) is 0 Å². The van der Waals surface area contributed by atoms with Crippen LogP contribution in [0.25, 0.3) is 0 Å². The van der Waals surface area contributed by atoms with Crippen molar-refractivity contribution in [1.82, 2.24) is 0 Å². The van der Waals surface area contributed by atoms with Crippen LogP contribution in [0.2, 0.25) is 0 Å². The van der Waals surface area contributed by atoms with Gasteiger partial charge in [0.1, 0.15) is 0 Å². The van der Waals surface area contributed by atoms with Gasteiger partial charge in [0, 0.05) is 26.4 Å². The highest BCUT2D eigenvalue weighted by Crippen LogP contribution is 2.48. The molecule has 5 rings (SSSR count). The molecular formula is C52H96O4. The first-order valence-electron chi connectivity index (χ1n) is 25.1. The summed E-state index contributed by atoms with van der Waals surface area (Å²) in [6.07, 6.45) is 14.1. The fraction of sp³-hybridized carbons (Fsp3) is 1.00. The van der Waals surface area contributed by atoms with Gasteiger partial charge in [-0.2, -0.15) is 0 Å². The van der Waals surface area contributed by atoms with E-state index in [0.29, 0.717) is 95.4 Å². The molecule has 0 heterocycles. The second kappa shape index (κ2) is 21.1. The Morgan fingerprint density at radius 2 is 0.875 bits per heavy atom. The molecule has 23 atom stereocenters. The summed E-state index contributed by atoms with van der Waals surface area (Å²) in [5, 5.41) is 0. The van der Waals surface area contributed by atoms with Gasteiger partial charge in [-0.3, -0.25) is 0 Å². The SMILES string of the molecule is CCC1C[C@H](COC[C@@H]2C(C)C[C@@H](O[C@@H]3C(CC)C[C@H](COC[C@@H]4CC[C@@H](O[C@@H]5C(CC)C[C@H](C)C(C)[C@@H]5C)C(C)C4)C(C)[C@@H]3C)C(C)[C@@H]2C)C(C)[C@H](C)[C@@H]1C. The minimum absolute atomic E-state index is 0.353. The van der Waals surface area contributed by atoms with Gasteiger partial charge in [0.2, 0.25) is 0 Å². The van der Waals surface area contributed by atoms with E-state index in [-0.39, 0.29) is 0 Å². The van der Waals surface area contributed by atoms with Crippen LogP contribution in [-0.2, 0) is 18.9 Å². The Balaban J connectivity index is 1.06. The predicted molar refractivity (Wildman–Crippen MR) is 237 cm³/mol. The number of rotatable bonds is 15. The van der Waals surface area contributed by atoms with E-state index in [1.165, 1.54) is 64.2 Å². The summed E-state index contributed by atoms with van der Waals surface area (Å²) in [6.45, 7) is 40.7. The van der Waals surface area contributed by atoms with Crippen LogP contribution in [0, 0.1) is 112 Å². The van der Waals surface area contributed by atoms with E-state index in [4.69, 9.17) is 18.9 Å². The first-order valence-corrected chi connectivity index (χ1v) is 25.1. The Kier molecular flexibility index (Phi) is 17.7. The zero-order valence-corrected chi connectivity index (χ0v) is 39.8. The molecule has 56 heavy (non-hydrogen) atoms. The van der Waals surface area contributed by atoms with E-state index in [1.54, 1.807) is 0 Å². The number of ether oxygens (including phenoxy) is 4. The van der Waals surface area contributed by atoms with E-state index in [9.17, 15) is 0 Å². The quantitative estimate of drug-likeness (QED) is 0.166. The van der Waals surface area contributed by atoms with Crippen molar-refractivity contribution < 1.29 is 18.9 Å². The third-order valence-electron chi connectivity index (χ3n) is 19.5. The molecule has 5 aliphatic rings. The van der Waals surface area contributed by atoms with Gasteiger partial charge in [0.05, 0.1) is 24.4 Å². The molecule has 5 aliphatic carbocycles. The lowest BCUT2D eigenvalue weighted by molar-refractivity contribution is -0.164. The lowest BCUT2D eigenvalue weighted by Gasteiger charge is -2.50. The molecule has 0 bridgehead atoms. The van der Waals surface area contributed by atoms with Crippen molar-refractivity contribution >= 4 is 0 Å². The van der Waals surface area contributed by atoms with Crippen molar-refractivity contribution in [3.63, 3.8) is 0 Å². The maximum atomic E-state index is 7.34. The third-order valence-corrected chi connectivity index (χ3v) is 19.5. The van der Waals surface area contributed by atoms with Gasteiger partial charge >= 0.3 is 0 Å². The smallest absolute Gasteiger partial charge is 0.0635 e. The Hall–Kier alpha value is -0.160. The normalized spacial score (nSPS) is 50.5. The van der Waals surface area contributed by atoms with Crippen LogP contribution < -0.4 is 0 Å². The van der Waals surface area contributed by atoms with Gasteiger partial charge < -0.3 is 18.9 Å². The van der Waals surface area contributed by atoms with Crippen LogP contribution in [0.5, 0.6) is 0 Å². The minimum Gasteiger partial charge on any atom is -0.381 e. The number of hydrogen-bond donors (Lipinski definition) is 0. The molecular weight excluding hydrogens is 689 g/mol. The molecule has 0 aliphatic heterocycles. The molecule has 9 unspecified atom stereocenters. The summed E-state index contributed by atoms with van der Waals surface area (Å²) in [7, 11) is 0. The summed E-state index contributed by atoms with van der Waals surface area (Å²) in [6, 6.07) is 0. The molecule has 0 aromatic carbocycles. The standard InChI is InChI=1S/C52H96O4/c1-16-43-24-46(36(10)34(8)35(43)9)28-54-29-48-31(5)23-50(39(13)38(48)12)56-52-41(15)37(11)47(25-45(52)18-3)27-53-26-42-19-20-49(32(6)21-42)55-51-40(14)33(7)30(4)22-44(51)17-2/h30-52H,16-29H2,1-15H3/t30-,31?,32?,33?,34+,35-,36?,37?,38-,39?,40-,41-,42+,43?,44?,45?,46+,47+,48+,49+,50+,51-,52-/m0/s1. The summed E-state index contributed by atoms with van der Waals surface area (Å²) in [5.41, 5.74) is 0. The van der Waals surface area contributed by atoms with E-state index in [0.717, 1.165) is 67.9 Å². The van der Waals surface area contributed by atoms with Crippen molar-refractivity contribution in [3.05, 3.63) is 0 Å². The summed E-state index contributed by atoms with van der Waals surface area (Å²) in [5.74, 6) is 13.1. The molecule has 0 radical (unpaired) electrons. The molecule has 0 N–H and O–H groups in total. The number of hydrogen-bond acceptors (Lipinski definition) is 4. The van der Waals surface area contributed by atoms with E-state index < -0.39 is 0 Å². The van der Waals surface area contributed by atoms with Crippen molar-refractivity contribution in [2.45, 2.75) is 192 Å². The molecule has 5 fully saturated rings. The molecule has 328 valence electrons. The van der Waals surface area contributed by atoms with Crippen LogP contribution in [0.1, 0.15) is 168 Å². The summed E-state index contributed by atoms with van der Waals surface area (Å²) >= 11 is 0. The summed E-state index contributed by atoms with van der Waals surface area (Å²) < 4.78 is 27.8. The average Bonchev–Trinajstić information content (AvgIpc) is 3.18. The van der Waals surface area contributed by atoms with Gasteiger partial charge in [-0.25, -0.2) is 0 Å². The van der Waals surface area contributed by atoms with Crippen molar-refractivity contribution in [2.75, 3.05) is 26.4 Å². The molecule has 0 aromatic heterocycles. The molecule has 0 spiro atoms. The Labute approximate surface area is 349 Å². The monoisotopic (exact) mass is 785 g/mol. The van der Waals surface area contributed by atoms with Gasteiger partial charge in [-0.15, -0.1) is 0 Å². The maximum absolute atomic E-state index is 7.34. The Morgan fingerprint density at radius 1 is 0.357 bits per heavy atom. The topological polar surface area (TPSA) is 36.9 Å². The Bertz CT molecular complexity index is 1140. The highest BCUT2D eigenvalue weighted by molar-refractivity contribution is 4.94.